The molecule has 2 rings (SSSR count). The van der Waals surface area contributed by atoms with Crippen LogP contribution in [0.25, 0.3) is 10.9 Å². The second kappa shape index (κ2) is 5.21. The molecule has 0 aliphatic heterocycles. The monoisotopic (exact) mass is 244 g/mol. The molecule has 1 aromatic carbocycles. The van der Waals surface area contributed by atoms with E-state index in [0.29, 0.717) is 6.04 Å². The molecule has 0 fully saturated rings. The Hall–Kier alpha value is -1.84. The molecule has 4 nitrogen and oxygen atoms in total. The van der Waals surface area contributed by atoms with Crippen molar-refractivity contribution in [2.24, 2.45) is 0 Å². The summed E-state index contributed by atoms with van der Waals surface area (Å²) >= 11 is 0. The highest BCUT2D eigenvalue weighted by atomic mass is 15.2. The summed E-state index contributed by atoms with van der Waals surface area (Å²) in [6.07, 6.45) is 3.92. The average Bonchev–Trinajstić information content (AvgIpc) is 2.37. The SMILES string of the molecule is CCCC(C)N(C)c1ncnc2ccc(N)cc12. The van der Waals surface area contributed by atoms with Gasteiger partial charge in [0, 0.05) is 24.2 Å². The van der Waals surface area contributed by atoms with Gasteiger partial charge < -0.3 is 10.6 Å². The van der Waals surface area contributed by atoms with E-state index in [0.717, 1.165) is 35.2 Å². The fourth-order valence-corrected chi connectivity index (χ4v) is 2.16. The molecule has 1 heterocycles. The third-order valence-electron chi connectivity index (χ3n) is 3.34. The van der Waals surface area contributed by atoms with Gasteiger partial charge in [0.05, 0.1) is 5.52 Å². The molecule has 0 saturated heterocycles. The van der Waals surface area contributed by atoms with E-state index in [1.165, 1.54) is 0 Å². The van der Waals surface area contributed by atoms with Crippen molar-refractivity contribution in [1.82, 2.24) is 9.97 Å². The predicted molar refractivity (Wildman–Crippen MR) is 76.7 cm³/mol. The summed E-state index contributed by atoms with van der Waals surface area (Å²) in [6.45, 7) is 4.41. The van der Waals surface area contributed by atoms with E-state index in [2.05, 4.69) is 35.8 Å². The molecular formula is C14H20N4. The van der Waals surface area contributed by atoms with Crippen LogP contribution in [0.3, 0.4) is 0 Å². The summed E-state index contributed by atoms with van der Waals surface area (Å²) < 4.78 is 0. The number of anilines is 2. The maximum absolute atomic E-state index is 5.85. The van der Waals surface area contributed by atoms with Crippen LogP contribution in [0.15, 0.2) is 24.5 Å². The molecular weight excluding hydrogens is 224 g/mol. The van der Waals surface area contributed by atoms with Crippen LogP contribution >= 0.6 is 0 Å². The van der Waals surface area contributed by atoms with Gasteiger partial charge in [0.1, 0.15) is 12.1 Å². The lowest BCUT2D eigenvalue weighted by Crippen LogP contribution is -2.29. The van der Waals surface area contributed by atoms with Gasteiger partial charge in [-0.15, -0.1) is 0 Å². The minimum absolute atomic E-state index is 0.453. The number of hydrogen-bond donors (Lipinski definition) is 1. The van der Waals surface area contributed by atoms with Crippen molar-refractivity contribution in [2.75, 3.05) is 17.7 Å². The normalized spacial score (nSPS) is 12.6. The van der Waals surface area contributed by atoms with Crippen molar-refractivity contribution in [3.63, 3.8) is 0 Å². The Kier molecular flexibility index (Phi) is 3.65. The van der Waals surface area contributed by atoms with Crippen molar-refractivity contribution in [3.05, 3.63) is 24.5 Å². The first-order valence-electron chi connectivity index (χ1n) is 6.36. The van der Waals surface area contributed by atoms with Crippen molar-refractivity contribution < 1.29 is 0 Å². The van der Waals surface area contributed by atoms with Crippen LogP contribution in [0.1, 0.15) is 26.7 Å². The Labute approximate surface area is 108 Å². The molecule has 0 radical (unpaired) electrons. The summed E-state index contributed by atoms with van der Waals surface area (Å²) in [5, 5.41) is 1.02. The second-order valence-corrected chi connectivity index (χ2v) is 4.72. The van der Waals surface area contributed by atoms with Gasteiger partial charge in [-0.1, -0.05) is 13.3 Å². The second-order valence-electron chi connectivity index (χ2n) is 4.72. The summed E-state index contributed by atoms with van der Waals surface area (Å²) in [5.41, 5.74) is 7.53. The standard InChI is InChI=1S/C14H20N4/c1-4-5-10(2)18(3)14-12-8-11(15)6-7-13(12)16-9-17-14/h6-10H,4-5,15H2,1-3H3. The molecule has 1 unspecified atom stereocenters. The lowest BCUT2D eigenvalue weighted by atomic mass is 10.1. The van der Waals surface area contributed by atoms with Gasteiger partial charge in [0.2, 0.25) is 0 Å². The van der Waals surface area contributed by atoms with Crippen LogP contribution in [0, 0.1) is 0 Å². The Balaban J connectivity index is 2.46. The summed E-state index contributed by atoms with van der Waals surface area (Å²) in [7, 11) is 2.07. The Morgan fingerprint density at radius 2 is 2.11 bits per heavy atom. The quantitative estimate of drug-likeness (QED) is 0.840. The maximum Gasteiger partial charge on any atom is 0.139 e. The number of nitrogen functional groups attached to an aromatic ring is 1. The fourth-order valence-electron chi connectivity index (χ4n) is 2.16. The molecule has 0 amide bonds. The molecule has 0 bridgehead atoms. The number of benzene rings is 1. The molecule has 2 N–H and O–H groups in total. The molecule has 4 heteroatoms. The topological polar surface area (TPSA) is 55.0 Å². The Morgan fingerprint density at radius 1 is 1.33 bits per heavy atom. The van der Waals surface area contributed by atoms with Crippen molar-refractivity contribution in [3.8, 4) is 0 Å². The number of fused-ring (bicyclic) bond motifs is 1. The summed E-state index contributed by atoms with van der Waals surface area (Å²) in [5.74, 6) is 0.952. The van der Waals surface area contributed by atoms with Gasteiger partial charge in [-0.05, 0) is 31.5 Å². The zero-order valence-corrected chi connectivity index (χ0v) is 11.2. The zero-order chi connectivity index (χ0) is 13.1. The molecule has 0 aliphatic carbocycles. The number of nitrogens with two attached hydrogens (primary N) is 1. The summed E-state index contributed by atoms with van der Waals surface area (Å²) in [6, 6.07) is 6.21. The highest BCUT2D eigenvalue weighted by molar-refractivity contribution is 5.91. The number of aromatic nitrogens is 2. The van der Waals surface area contributed by atoms with E-state index in [4.69, 9.17) is 5.73 Å². The van der Waals surface area contributed by atoms with E-state index < -0.39 is 0 Å². The molecule has 0 spiro atoms. The minimum atomic E-state index is 0.453. The number of nitrogens with zero attached hydrogens (tertiary/aromatic N) is 3. The average molecular weight is 244 g/mol. The molecule has 18 heavy (non-hydrogen) atoms. The van der Waals surface area contributed by atoms with E-state index >= 15 is 0 Å². The highest BCUT2D eigenvalue weighted by Gasteiger charge is 2.13. The van der Waals surface area contributed by atoms with E-state index in [1.807, 2.05) is 18.2 Å². The highest BCUT2D eigenvalue weighted by Crippen LogP contribution is 2.25. The lowest BCUT2D eigenvalue weighted by Gasteiger charge is -2.26. The van der Waals surface area contributed by atoms with Crippen molar-refractivity contribution in [1.29, 1.82) is 0 Å². The van der Waals surface area contributed by atoms with Gasteiger partial charge in [-0.25, -0.2) is 9.97 Å². The maximum atomic E-state index is 5.85. The Morgan fingerprint density at radius 3 is 2.83 bits per heavy atom. The molecule has 1 aromatic heterocycles. The van der Waals surface area contributed by atoms with E-state index in [9.17, 15) is 0 Å². The predicted octanol–water partition coefficient (Wildman–Crippen LogP) is 2.84. The van der Waals surface area contributed by atoms with Crippen LogP contribution in [-0.4, -0.2) is 23.1 Å². The molecule has 2 aromatic rings. The molecule has 0 saturated carbocycles. The smallest absolute Gasteiger partial charge is 0.139 e. The Bertz CT molecular complexity index is 538. The molecule has 0 aliphatic rings. The van der Waals surface area contributed by atoms with Crippen molar-refractivity contribution >= 4 is 22.4 Å². The van der Waals surface area contributed by atoms with Gasteiger partial charge in [-0.2, -0.15) is 0 Å². The molecule has 96 valence electrons. The molecule has 1 atom stereocenters. The first kappa shape index (κ1) is 12.6. The largest absolute Gasteiger partial charge is 0.399 e. The van der Waals surface area contributed by atoms with E-state index in [1.54, 1.807) is 6.33 Å². The van der Waals surface area contributed by atoms with Crippen LogP contribution in [0.5, 0.6) is 0 Å². The lowest BCUT2D eigenvalue weighted by molar-refractivity contribution is 0.612. The minimum Gasteiger partial charge on any atom is -0.399 e. The third kappa shape index (κ3) is 2.37. The van der Waals surface area contributed by atoms with Gasteiger partial charge in [0.15, 0.2) is 0 Å². The zero-order valence-electron chi connectivity index (χ0n) is 11.2. The van der Waals surface area contributed by atoms with E-state index in [-0.39, 0.29) is 0 Å². The van der Waals surface area contributed by atoms with Crippen LogP contribution in [0.4, 0.5) is 11.5 Å². The number of rotatable bonds is 4. The van der Waals surface area contributed by atoms with Gasteiger partial charge in [0.25, 0.3) is 0 Å². The van der Waals surface area contributed by atoms with Gasteiger partial charge >= 0.3 is 0 Å². The third-order valence-corrected chi connectivity index (χ3v) is 3.34. The van der Waals surface area contributed by atoms with Crippen LogP contribution in [0.2, 0.25) is 0 Å². The van der Waals surface area contributed by atoms with Crippen LogP contribution in [-0.2, 0) is 0 Å². The van der Waals surface area contributed by atoms with Crippen molar-refractivity contribution in [2.45, 2.75) is 32.7 Å². The fraction of sp³-hybridized carbons (Fsp3) is 0.429. The first-order chi connectivity index (χ1) is 8.63. The van der Waals surface area contributed by atoms with Crippen LogP contribution < -0.4 is 10.6 Å². The van der Waals surface area contributed by atoms with Gasteiger partial charge in [-0.3, -0.25) is 0 Å². The first-order valence-corrected chi connectivity index (χ1v) is 6.36. The summed E-state index contributed by atoms with van der Waals surface area (Å²) in [4.78, 5) is 10.9. The number of hydrogen-bond acceptors (Lipinski definition) is 4.